The van der Waals surface area contributed by atoms with Gasteiger partial charge in [0.25, 0.3) is 0 Å². The summed E-state index contributed by atoms with van der Waals surface area (Å²) in [5.74, 6) is 0.387. The standard InChI is InChI=1S/C24H32O3/c1-7-24(21(26)27-18-10-8-17(9-11-18)16(2)25)14-19-20(15-24)23(5,6)13-12-22(19,3)4/h8-11H,7,12-15H2,1-6H3. The summed E-state index contributed by atoms with van der Waals surface area (Å²) in [5.41, 5.74) is 3.43. The van der Waals surface area contributed by atoms with Gasteiger partial charge < -0.3 is 4.74 Å². The molecule has 1 aromatic rings. The van der Waals surface area contributed by atoms with E-state index in [2.05, 4.69) is 34.6 Å². The predicted octanol–water partition coefficient (Wildman–Crippen LogP) is 6.13. The van der Waals surface area contributed by atoms with Crippen LogP contribution in [0.4, 0.5) is 0 Å². The largest absolute Gasteiger partial charge is 0.426 e. The fraction of sp³-hybridized carbons (Fsp3) is 0.583. The van der Waals surface area contributed by atoms with Crippen LogP contribution in [0.2, 0.25) is 0 Å². The molecule has 3 heteroatoms. The molecule has 0 N–H and O–H groups in total. The highest BCUT2D eigenvalue weighted by atomic mass is 16.5. The lowest BCUT2D eigenvalue weighted by molar-refractivity contribution is -0.145. The lowest BCUT2D eigenvalue weighted by Gasteiger charge is -2.41. The van der Waals surface area contributed by atoms with Crippen molar-refractivity contribution in [2.24, 2.45) is 16.2 Å². The van der Waals surface area contributed by atoms with Crippen molar-refractivity contribution in [3.05, 3.63) is 41.0 Å². The van der Waals surface area contributed by atoms with E-state index in [0.29, 0.717) is 11.3 Å². The molecule has 0 spiro atoms. The molecule has 3 rings (SSSR count). The molecule has 27 heavy (non-hydrogen) atoms. The second kappa shape index (κ2) is 6.61. The van der Waals surface area contributed by atoms with Crippen LogP contribution >= 0.6 is 0 Å². The molecule has 0 bridgehead atoms. The van der Waals surface area contributed by atoms with Crippen LogP contribution in [-0.4, -0.2) is 11.8 Å². The van der Waals surface area contributed by atoms with Crippen molar-refractivity contribution in [3.8, 4) is 5.75 Å². The number of benzene rings is 1. The summed E-state index contributed by atoms with van der Waals surface area (Å²) >= 11 is 0. The van der Waals surface area contributed by atoms with E-state index in [-0.39, 0.29) is 22.6 Å². The van der Waals surface area contributed by atoms with Crippen LogP contribution in [-0.2, 0) is 4.79 Å². The van der Waals surface area contributed by atoms with Crippen molar-refractivity contribution in [1.82, 2.24) is 0 Å². The van der Waals surface area contributed by atoms with E-state index in [1.165, 1.54) is 30.9 Å². The van der Waals surface area contributed by atoms with E-state index in [4.69, 9.17) is 4.74 Å². The Bertz CT molecular complexity index is 765. The quantitative estimate of drug-likeness (QED) is 0.278. The third-order valence-electron chi connectivity index (χ3n) is 6.98. The zero-order valence-corrected chi connectivity index (χ0v) is 17.6. The number of Topliss-reactive ketones (excluding diaryl/α,β-unsaturated/α-hetero) is 1. The maximum atomic E-state index is 13.2. The molecule has 0 heterocycles. The van der Waals surface area contributed by atoms with Gasteiger partial charge in [0.2, 0.25) is 0 Å². The van der Waals surface area contributed by atoms with E-state index in [9.17, 15) is 9.59 Å². The minimum absolute atomic E-state index is 0.00929. The Kier molecular flexibility index (Phi) is 4.86. The molecule has 3 nitrogen and oxygen atoms in total. The van der Waals surface area contributed by atoms with Gasteiger partial charge in [-0.25, -0.2) is 0 Å². The van der Waals surface area contributed by atoms with Crippen molar-refractivity contribution in [2.45, 2.75) is 73.6 Å². The van der Waals surface area contributed by atoms with Crippen molar-refractivity contribution >= 4 is 11.8 Å². The highest BCUT2D eigenvalue weighted by Gasteiger charge is 2.52. The Hall–Kier alpha value is -1.90. The van der Waals surface area contributed by atoms with Crippen LogP contribution in [0.3, 0.4) is 0 Å². The first-order valence-corrected chi connectivity index (χ1v) is 10.1. The number of allylic oxidation sites excluding steroid dienone is 2. The molecule has 0 saturated heterocycles. The first-order chi connectivity index (χ1) is 12.5. The van der Waals surface area contributed by atoms with Gasteiger partial charge in [0.15, 0.2) is 5.78 Å². The molecule has 0 fully saturated rings. The van der Waals surface area contributed by atoms with Crippen LogP contribution in [0.5, 0.6) is 5.75 Å². The van der Waals surface area contributed by atoms with Crippen LogP contribution in [0, 0.1) is 16.2 Å². The van der Waals surface area contributed by atoms with E-state index in [1.54, 1.807) is 24.3 Å². The summed E-state index contributed by atoms with van der Waals surface area (Å²) in [4.78, 5) is 24.7. The minimum Gasteiger partial charge on any atom is -0.426 e. The van der Waals surface area contributed by atoms with Crippen LogP contribution in [0.1, 0.15) is 84.0 Å². The van der Waals surface area contributed by atoms with Gasteiger partial charge in [-0.05, 0) is 74.1 Å². The molecule has 0 aliphatic heterocycles. The molecular weight excluding hydrogens is 336 g/mol. The molecule has 2 aliphatic rings. The van der Waals surface area contributed by atoms with E-state index in [0.717, 1.165) is 19.3 Å². The third kappa shape index (κ3) is 3.49. The van der Waals surface area contributed by atoms with Gasteiger partial charge in [-0.2, -0.15) is 0 Å². The highest BCUT2D eigenvalue weighted by molar-refractivity contribution is 5.94. The fourth-order valence-corrected chi connectivity index (χ4v) is 4.69. The lowest BCUT2D eigenvalue weighted by Crippen LogP contribution is -2.33. The molecular formula is C24H32O3. The second-order valence-electron chi connectivity index (χ2n) is 9.68. The summed E-state index contributed by atoms with van der Waals surface area (Å²) in [6.07, 6.45) is 4.72. The van der Waals surface area contributed by atoms with Gasteiger partial charge >= 0.3 is 5.97 Å². The Morgan fingerprint density at radius 3 is 1.81 bits per heavy atom. The number of carbonyl (C=O) groups excluding carboxylic acids is 2. The Balaban J connectivity index is 1.85. The lowest BCUT2D eigenvalue weighted by atomic mass is 9.64. The maximum absolute atomic E-state index is 13.2. The molecule has 1 aromatic carbocycles. The van der Waals surface area contributed by atoms with Crippen molar-refractivity contribution in [1.29, 1.82) is 0 Å². The second-order valence-corrected chi connectivity index (χ2v) is 9.68. The Labute approximate surface area is 163 Å². The molecule has 0 saturated carbocycles. The van der Waals surface area contributed by atoms with Crippen molar-refractivity contribution < 1.29 is 14.3 Å². The van der Waals surface area contributed by atoms with Gasteiger partial charge in [0.05, 0.1) is 5.41 Å². The Morgan fingerprint density at radius 1 is 0.926 bits per heavy atom. The number of rotatable bonds is 4. The monoisotopic (exact) mass is 368 g/mol. The summed E-state index contributed by atoms with van der Waals surface area (Å²) in [5, 5.41) is 0. The van der Waals surface area contributed by atoms with Crippen LogP contribution in [0.25, 0.3) is 0 Å². The molecule has 0 radical (unpaired) electrons. The molecule has 146 valence electrons. The first kappa shape index (κ1) is 19.9. The zero-order chi connectivity index (χ0) is 20.0. The summed E-state index contributed by atoms with van der Waals surface area (Å²) < 4.78 is 5.79. The smallest absolute Gasteiger partial charge is 0.318 e. The first-order valence-electron chi connectivity index (χ1n) is 10.1. The zero-order valence-electron chi connectivity index (χ0n) is 17.6. The van der Waals surface area contributed by atoms with E-state index < -0.39 is 5.41 Å². The molecule has 0 amide bonds. The van der Waals surface area contributed by atoms with Crippen molar-refractivity contribution in [2.75, 3.05) is 0 Å². The normalized spacial score (nSPS) is 22.3. The maximum Gasteiger partial charge on any atom is 0.318 e. The molecule has 0 aromatic heterocycles. The average molecular weight is 369 g/mol. The molecule has 0 unspecified atom stereocenters. The minimum atomic E-state index is -0.469. The molecule has 2 aliphatic carbocycles. The topological polar surface area (TPSA) is 43.4 Å². The van der Waals surface area contributed by atoms with Gasteiger partial charge in [-0.1, -0.05) is 45.8 Å². The average Bonchev–Trinajstić information content (AvgIpc) is 3.04. The van der Waals surface area contributed by atoms with Crippen LogP contribution in [0.15, 0.2) is 35.4 Å². The van der Waals surface area contributed by atoms with E-state index in [1.807, 2.05) is 0 Å². The summed E-state index contributed by atoms with van der Waals surface area (Å²) in [7, 11) is 0. The van der Waals surface area contributed by atoms with Gasteiger partial charge in [-0.15, -0.1) is 0 Å². The van der Waals surface area contributed by atoms with Crippen molar-refractivity contribution in [3.63, 3.8) is 0 Å². The number of ketones is 1. The number of ether oxygens (including phenoxy) is 1. The molecule has 0 atom stereocenters. The predicted molar refractivity (Wildman–Crippen MR) is 108 cm³/mol. The Morgan fingerprint density at radius 2 is 1.41 bits per heavy atom. The van der Waals surface area contributed by atoms with E-state index >= 15 is 0 Å². The SMILES string of the molecule is CCC1(C(=O)Oc2ccc(C(C)=O)cc2)CC2=C(C1)C(C)(C)CCC2(C)C. The number of hydrogen-bond acceptors (Lipinski definition) is 3. The third-order valence-corrected chi connectivity index (χ3v) is 6.98. The highest BCUT2D eigenvalue weighted by Crippen LogP contribution is 2.60. The number of esters is 1. The van der Waals surface area contributed by atoms with Gasteiger partial charge in [0.1, 0.15) is 5.75 Å². The summed E-state index contributed by atoms with van der Waals surface area (Å²) in [6.45, 7) is 12.9. The van der Waals surface area contributed by atoms with Crippen LogP contribution < -0.4 is 4.74 Å². The fourth-order valence-electron chi connectivity index (χ4n) is 4.69. The van der Waals surface area contributed by atoms with Gasteiger partial charge in [-0.3, -0.25) is 9.59 Å². The number of hydrogen-bond donors (Lipinski definition) is 0. The number of carbonyl (C=O) groups is 2. The van der Waals surface area contributed by atoms with Gasteiger partial charge in [0, 0.05) is 5.56 Å². The summed E-state index contributed by atoms with van der Waals surface area (Å²) in [6, 6.07) is 6.86.